The van der Waals surface area contributed by atoms with Crippen LogP contribution < -0.4 is 0 Å². The molecule has 0 saturated carbocycles. The van der Waals surface area contributed by atoms with Crippen molar-refractivity contribution in [2.75, 3.05) is 13.2 Å². The van der Waals surface area contributed by atoms with Crippen LogP contribution in [0.1, 0.15) is 12.8 Å². The van der Waals surface area contributed by atoms with Crippen LogP contribution in [0.25, 0.3) is 0 Å². The minimum absolute atomic E-state index is 0.269. The molecule has 2 nitrogen and oxygen atoms in total. The maximum atomic E-state index is 8.32. The van der Waals surface area contributed by atoms with E-state index in [9.17, 15) is 0 Å². The molecule has 1 N–H and O–H groups in total. The van der Waals surface area contributed by atoms with Crippen LogP contribution in [-0.2, 0) is 4.74 Å². The molecular formula is C5H10O2. The van der Waals surface area contributed by atoms with E-state index in [0.29, 0.717) is 6.10 Å². The number of hydrogen-bond acceptors (Lipinski definition) is 2. The van der Waals surface area contributed by atoms with Gasteiger partial charge in [-0.3, -0.25) is 0 Å². The van der Waals surface area contributed by atoms with Gasteiger partial charge in [0.25, 0.3) is 0 Å². The maximum absolute atomic E-state index is 8.32. The lowest BCUT2D eigenvalue weighted by molar-refractivity contribution is -0.0610. The Hall–Kier alpha value is -0.0800. The Kier molecular flexibility index (Phi) is 1.65. The first kappa shape index (κ1) is 5.06. The second kappa shape index (κ2) is 2.28. The van der Waals surface area contributed by atoms with Gasteiger partial charge in [0.15, 0.2) is 0 Å². The second-order valence-corrected chi connectivity index (χ2v) is 1.79. The molecule has 7 heavy (non-hydrogen) atoms. The highest BCUT2D eigenvalue weighted by Gasteiger charge is 2.15. The summed E-state index contributed by atoms with van der Waals surface area (Å²) in [5.41, 5.74) is 0. The van der Waals surface area contributed by atoms with Gasteiger partial charge in [0.1, 0.15) is 0 Å². The fourth-order valence-corrected chi connectivity index (χ4v) is 0.656. The molecule has 0 amide bonds. The highest BCUT2D eigenvalue weighted by atomic mass is 16.5. The molecule has 1 atom stereocenters. The Labute approximate surface area is 43.1 Å². The van der Waals surface area contributed by atoms with Crippen LogP contribution in [0.5, 0.6) is 0 Å². The van der Waals surface area contributed by atoms with Crippen molar-refractivity contribution >= 4 is 0 Å². The number of rotatable bonds is 2. The zero-order chi connectivity index (χ0) is 5.11. The van der Waals surface area contributed by atoms with Gasteiger partial charge in [0.05, 0.1) is 6.10 Å². The van der Waals surface area contributed by atoms with Gasteiger partial charge in [0.2, 0.25) is 0 Å². The summed E-state index contributed by atoms with van der Waals surface area (Å²) in [5.74, 6) is 0. The van der Waals surface area contributed by atoms with E-state index in [1.807, 2.05) is 0 Å². The average Bonchev–Trinajstić information content (AvgIpc) is 1.55. The molecule has 0 aromatic heterocycles. The molecule has 1 unspecified atom stereocenters. The molecule has 0 bridgehead atoms. The van der Waals surface area contributed by atoms with Gasteiger partial charge in [-0.05, 0) is 12.8 Å². The van der Waals surface area contributed by atoms with Crippen molar-refractivity contribution in [3.8, 4) is 0 Å². The van der Waals surface area contributed by atoms with Crippen molar-refractivity contribution in [2.24, 2.45) is 0 Å². The van der Waals surface area contributed by atoms with Crippen molar-refractivity contribution in [1.29, 1.82) is 0 Å². The molecule has 1 aliphatic rings. The molecular weight excluding hydrogens is 92.1 g/mol. The Bertz CT molecular complexity index is 50.0. The zero-order valence-corrected chi connectivity index (χ0v) is 4.26. The number of aliphatic hydroxyl groups is 1. The summed E-state index contributed by atoms with van der Waals surface area (Å²) in [6.07, 6.45) is 2.34. The summed E-state index contributed by atoms with van der Waals surface area (Å²) in [5, 5.41) is 8.32. The van der Waals surface area contributed by atoms with Crippen LogP contribution in [0.2, 0.25) is 0 Å². The van der Waals surface area contributed by atoms with Crippen LogP contribution in [0.3, 0.4) is 0 Å². The van der Waals surface area contributed by atoms with Gasteiger partial charge in [-0.25, -0.2) is 0 Å². The van der Waals surface area contributed by atoms with Crippen molar-refractivity contribution in [3.63, 3.8) is 0 Å². The van der Waals surface area contributed by atoms with Crippen LogP contribution in [-0.4, -0.2) is 24.4 Å². The van der Waals surface area contributed by atoms with E-state index in [4.69, 9.17) is 9.84 Å². The van der Waals surface area contributed by atoms with Crippen molar-refractivity contribution in [3.05, 3.63) is 0 Å². The molecule has 1 aliphatic heterocycles. The second-order valence-electron chi connectivity index (χ2n) is 1.79. The minimum Gasteiger partial charge on any atom is -0.396 e. The summed E-state index contributed by atoms with van der Waals surface area (Å²) >= 11 is 0. The third kappa shape index (κ3) is 1.14. The van der Waals surface area contributed by atoms with Gasteiger partial charge < -0.3 is 9.84 Å². The van der Waals surface area contributed by atoms with Crippen molar-refractivity contribution in [1.82, 2.24) is 0 Å². The van der Waals surface area contributed by atoms with Crippen LogP contribution >= 0.6 is 0 Å². The lowest BCUT2D eigenvalue weighted by Gasteiger charge is -2.25. The number of hydrogen-bond donors (Lipinski definition) is 1. The summed E-state index contributed by atoms with van der Waals surface area (Å²) in [7, 11) is 0. The topological polar surface area (TPSA) is 29.5 Å². The van der Waals surface area contributed by atoms with Crippen LogP contribution in [0.15, 0.2) is 0 Å². The fourth-order valence-electron chi connectivity index (χ4n) is 0.656. The Morgan fingerprint density at radius 2 is 2.43 bits per heavy atom. The molecule has 42 valence electrons. The van der Waals surface area contributed by atoms with E-state index < -0.39 is 0 Å². The first-order valence-electron chi connectivity index (χ1n) is 2.66. The highest BCUT2D eigenvalue weighted by molar-refractivity contribution is 4.64. The third-order valence-electron chi connectivity index (χ3n) is 1.24. The molecule has 2 heteroatoms. The average molecular weight is 102 g/mol. The van der Waals surface area contributed by atoms with Gasteiger partial charge in [0, 0.05) is 13.2 Å². The zero-order valence-electron chi connectivity index (χ0n) is 4.26. The molecule has 0 aromatic rings. The molecule has 1 rings (SSSR count). The normalized spacial score (nSPS) is 29.6. The standard InChI is InChI=1S/C5H10O2/c6-3-1-5-2-4-7-5/h5-6H,1-4H2. The SMILES string of the molecule is OCCC1CCO1. The fraction of sp³-hybridized carbons (Fsp3) is 1.00. The highest BCUT2D eigenvalue weighted by Crippen LogP contribution is 2.13. The van der Waals surface area contributed by atoms with E-state index in [-0.39, 0.29) is 6.61 Å². The van der Waals surface area contributed by atoms with Crippen LogP contribution in [0, 0.1) is 0 Å². The summed E-state index contributed by atoms with van der Waals surface area (Å²) in [6, 6.07) is 0. The van der Waals surface area contributed by atoms with E-state index in [0.717, 1.165) is 19.4 Å². The first-order valence-corrected chi connectivity index (χ1v) is 2.66. The van der Waals surface area contributed by atoms with Crippen LogP contribution in [0.4, 0.5) is 0 Å². The molecule has 0 radical (unpaired) electrons. The van der Waals surface area contributed by atoms with E-state index in [1.54, 1.807) is 0 Å². The summed E-state index contributed by atoms with van der Waals surface area (Å²) < 4.78 is 5.01. The Balaban J connectivity index is 1.93. The lowest BCUT2D eigenvalue weighted by Crippen LogP contribution is -2.27. The quantitative estimate of drug-likeness (QED) is 0.538. The predicted octanol–water partition coefficient (Wildman–Crippen LogP) is 0.158. The van der Waals surface area contributed by atoms with E-state index in [2.05, 4.69) is 0 Å². The molecule has 1 fully saturated rings. The first-order chi connectivity index (χ1) is 3.43. The van der Waals surface area contributed by atoms with Gasteiger partial charge in [-0.1, -0.05) is 0 Å². The monoisotopic (exact) mass is 102 g/mol. The molecule has 1 saturated heterocycles. The summed E-state index contributed by atoms with van der Waals surface area (Å²) in [6.45, 7) is 1.16. The molecule has 0 aromatic carbocycles. The molecule has 0 spiro atoms. The van der Waals surface area contributed by atoms with Crippen molar-refractivity contribution < 1.29 is 9.84 Å². The lowest BCUT2D eigenvalue weighted by atomic mass is 10.1. The van der Waals surface area contributed by atoms with Gasteiger partial charge >= 0.3 is 0 Å². The predicted molar refractivity (Wildman–Crippen MR) is 26.1 cm³/mol. The van der Waals surface area contributed by atoms with E-state index >= 15 is 0 Å². The maximum Gasteiger partial charge on any atom is 0.0618 e. The number of aliphatic hydroxyl groups excluding tert-OH is 1. The Morgan fingerprint density at radius 1 is 1.71 bits per heavy atom. The third-order valence-corrected chi connectivity index (χ3v) is 1.24. The van der Waals surface area contributed by atoms with E-state index in [1.165, 1.54) is 0 Å². The molecule has 0 aliphatic carbocycles. The molecule has 1 heterocycles. The van der Waals surface area contributed by atoms with Gasteiger partial charge in [-0.2, -0.15) is 0 Å². The van der Waals surface area contributed by atoms with Gasteiger partial charge in [-0.15, -0.1) is 0 Å². The number of ether oxygens (including phenoxy) is 1. The smallest absolute Gasteiger partial charge is 0.0618 e. The Morgan fingerprint density at radius 3 is 2.57 bits per heavy atom. The summed E-state index contributed by atoms with van der Waals surface area (Å²) in [4.78, 5) is 0. The largest absolute Gasteiger partial charge is 0.396 e. The minimum atomic E-state index is 0.269. The van der Waals surface area contributed by atoms with Crippen molar-refractivity contribution in [2.45, 2.75) is 18.9 Å².